The van der Waals surface area contributed by atoms with Crippen LogP contribution in [0.1, 0.15) is 74.8 Å². The van der Waals surface area contributed by atoms with Crippen molar-refractivity contribution in [3.05, 3.63) is 128 Å². The Hall–Kier alpha value is -4.30. The molecule has 1 atom stereocenters. The molecule has 12 heteroatoms. The van der Waals surface area contributed by atoms with Gasteiger partial charge in [-0.3, -0.25) is 19.5 Å². The summed E-state index contributed by atoms with van der Waals surface area (Å²) in [5.41, 5.74) is 4.22. The number of carbonyl (C=O) groups is 1. The number of allylic oxidation sites excluding steroid dienone is 1. The number of benzene rings is 3. The number of ether oxygens (including phenoxy) is 3. The van der Waals surface area contributed by atoms with Gasteiger partial charge in [0.05, 0.1) is 44.1 Å². The number of esters is 1. The summed E-state index contributed by atoms with van der Waals surface area (Å²) in [5, 5.41) is 11.0. The topological polar surface area (TPSA) is 122 Å². The zero-order valence-corrected chi connectivity index (χ0v) is 30.3. The number of fused-ring (bicyclic) bond motifs is 1. The van der Waals surface area contributed by atoms with Crippen LogP contribution >= 0.6 is 33.9 Å². The third kappa shape index (κ3) is 7.39. The highest BCUT2D eigenvalue weighted by atomic mass is 127. The van der Waals surface area contributed by atoms with Crippen molar-refractivity contribution in [2.75, 3.05) is 13.7 Å². The fraction of sp³-hybridized carbons (Fsp3) is 0.306. The molecule has 0 saturated heterocycles. The molecule has 0 fully saturated rings. The number of methoxy groups -OCH3 is 1. The lowest BCUT2D eigenvalue weighted by atomic mass is 9.92. The molecule has 0 bridgehead atoms. The van der Waals surface area contributed by atoms with Crippen molar-refractivity contribution < 1.29 is 23.9 Å². The Bertz CT molecular complexity index is 2050. The van der Waals surface area contributed by atoms with E-state index in [1.807, 2.05) is 37.3 Å². The van der Waals surface area contributed by atoms with Crippen LogP contribution in [0.25, 0.3) is 6.08 Å². The molecule has 5 rings (SSSR count). The normalized spacial score (nSPS) is 14.5. The SMILES string of the molecule is CCCC1=C(C(=O)OCC)[C@H](c2ccc(C(C)C)cc2)n2c(s/c(=C\c3cc(I)c(OCc4ccc([N+](=O)[O-])cc4)c(OC)c3)c2=O)=N1. The molecule has 2 heterocycles. The van der Waals surface area contributed by atoms with Gasteiger partial charge >= 0.3 is 5.97 Å². The molecule has 48 heavy (non-hydrogen) atoms. The molecule has 10 nitrogen and oxygen atoms in total. The minimum absolute atomic E-state index is 0.00889. The number of thiazole rings is 1. The summed E-state index contributed by atoms with van der Waals surface area (Å²) in [7, 11) is 1.54. The van der Waals surface area contributed by atoms with Gasteiger partial charge in [0.15, 0.2) is 16.3 Å². The molecule has 3 aromatic carbocycles. The van der Waals surface area contributed by atoms with Crippen LogP contribution in [0.2, 0.25) is 0 Å². The zero-order valence-electron chi connectivity index (χ0n) is 27.3. The first-order valence-electron chi connectivity index (χ1n) is 15.6. The summed E-state index contributed by atoms with van der Waals surface area (Å²) >= 11 is 3.43. The van der Waals surface area contributed by atoms with E-state index < -0.39 is 16.9 Å². The van der Waals surface area contributed by atoms with Crippen molar-refractivity contribution in [3.63, 3.8) is 0 Å². The van der Waals surface area contributed by atoms with Gasteiger partial charge in [-0.1, -0.05) is 62.8 Å². The number of rotatable bonds is 12. The molecule has 4 aromatic rings. The first-order chi connectivity index (χ1) is 23.1. The molecule has 0 spiro atoms. The number of non-ortho nitro benzene ring substituents is 1. The number of nitro benzene ring substituents is 1. The molecule has 0 aliphatic carbocycles. The average Bonchev–Trinajstić information content (AvgIpc) is 3.37. The van der Waals surface area contributed by atoms with Crippen LogP contribution in [-0.4, -0.2) is 29.2 Å². The number of hydrogen-bond donors (Lipinski definition) is 0. The van der Waals surface area contributed by atoms with E-state index in [2.05, 4.69) is 36.4 Å². The highest BCUT2D eigenvalue weighted by molar-refractivity contribution is 14.1. The van der Waals surface area contributed by atoms with Crippen LogP contribution < -0.4 is 24.4 Å². The molecule has 0 radical (unpaired) electrons. The van der Waals surface area contributed by atoms with E-state index in [4.69, 9.17) is 19.2 Å². The van der Waals surface area contributed by atoms with Crippen LogP contribution in [-0.2, 0) is 16.1 Å². The van der Waals surface area contributed by atoms with Gasteiger partial charge in [0.1, 0.15) is 6.61 Å². The van der Waals surface area contributed by atoms with Crippen LogP contribution in [0.4, 0.5) is 5.69 Å². The van der Waals surface area contributed by atoms with E-state index in [1.54, 1.807) is 42.9 Å². The summed E-state index contributed by atoms with van der Waals surface area (Å²) in [6, 6.07) is 17.2. The Morgan fingerprint density at radius 2 is 1.83 bits per heavy atom. The van der Waals surface area contributed by atoms with Crippen molar-refractivity contribution in [3.8, 4) is 11.5 Å². The summed E-state index contributed by atoms with van der Waals surface area (Å²) in [6.07, 6.45) is 3.13. The molecule has 0 N–H and O–H groups in total. The Morgan fingerprint density at radius 3 is 2.44 bits per heavy atom. The molecule has 0 saturated carbocycles. The van der Waals surface area contributed by atoms with Crippen LogP contribution in [0.5, 0.6) is 11.5 Å². The Balaban J connectivity index is 1.57. The van der Waals surface area contributed by atoms with Crippen molar-refractivity contribution in [1.82, 2.24) is 4.57 Å². The zero-order chi connectivity index (χ0) is 34.5. The van der Waals surface area contributed by atoms with Crippen molar-refractivity contribution in [1.29, 1.82) is 0 Å². The molecule has 250 valence electrons. The highest BCUT2D eigenvalue weighted by Crippen LogP contribution is 2.36. The highest BCUT2D eigenvalue weighted by Gasteiger charge is 2.34. The first-order valence-corrected chi connectivity index (χ1v) is 17.5. The van der Waals surface area contributed by atoms with Crippen molar-refractivity contribution >= 4 is 51.7 Å². The minimum atomic E-state index is -0.685. The number of halogens is 1. The number of carbonyl (C=O) groups excluding carboxylic acids is 1. The lowest BCUT2D eigenvalue weighted by Crippen LogP contribution is -2.40. The van der Waals surface area contributed by atoms with Crippen LogP contribution in [0, 0.1) is 13.7 Å². The summed E-state index contributed by atoms with van der Waals surface area (Å²) in [6.45, 7) is 8.43. The first kappa shape index (κ1) is 35.0. The second-order valence-corrected chi connectivity index (χ2v) is 13.7. The van der Waals surface area contributed by atoms with Gasteiger partial charge in [-0.15, -0.1) is 0 Å². The van der Waals surface area contributed by atoms with Crippen molar-refractivity contribution in [2.45, 2.75) is 59.1 Å². The van der Waals surface area contributed by atoms with E-state index in [0.717, 1.165) is 32.2 Å². The largest absolute Gasteiger partial charge is 0.493 e. The Kier molecular flexibility index (Phi) is 11.2. The standard InChI is InChI=1S/C36H36IN3O7S/c1-6-8-28-31(35(42)46-7-2)32(25-13-11-24(12-14-25)21(3)4)39-34(41)30(48-36(39)38-28)19-23-17-27(37)33(29(18-23)45-5)47-20-22-9-15-26(16-10-22)40(43)44/h9-19,21,32H,6-8,20H2,1-5H3/b30-19-/t32-/m0/s1. The summed E-state index contributed by atoms with van der Waals surface area (Å²) in [5.74, 6) is 0.847. The van der Waals surface area contributed by atoms with Gasteiger partial charge in [-0.05, 0) is 94.4 Å². The fourth-order valence-electron chi connectivity index (χ4n) is 5.48. The number of hydrogen-bond acceptors (Lipinski definition) is 9. The molecule has 0 unspecified atom stereocenters. The van der Waals surface area contributed by atoms with Crippen LogP contribution in [0.3, 0.4) is 0 Å². The lowest BCUT2D eigenvalue weighted by molar-refractivity contribution is -0.384. The van der Waals surface area contributed by atoms with E-state index in [-0.39, 0.29) is 24.5 Å². The molecule has 1 aliphatic rings. The van der Waals surface area contributed by atoms with Gasteiger partial charge in [0.2, 0.25) is 0 Å². The third-order valence-electron chi connectivity index (χ3n) is 7.89. The second kappa shape index (κ2) is 15.3. The maximum Gasteiger partial charge on any atom is 0.338 e. The summed E-state index contributed by atoms with van der Waals surface area (Å²) < 4.78 is 20.1. The quantitative estimate of drug-likeness (QED) is 0.0671. The Morgan fingerprint density at radius 1 is 1.12 bits per heavy atom. The fourth-order valence-corrected chi connectivity index (χ4v) is 7.28. The maximum absolute atomic E-state index is 14.2. The van der Waals surface area contributed by atoms with Gasteiger partial charge < -0.3 is 14.2 Å². The molecule has 0 amide bonds. The lowest BCUT2D eigenvalue weighted by Gasteiger charge is -2.26. The van der Waals surface area contributed by atoms with Gasteiger partial charge in [0, 0.05) is 12.1 Å². The smallest absolute Gasteiger partial charge is 0.338 e. The molecule has 1 aromatic heterocycles. The number of aromatic nitrogens is 1. The van der Waals surface area contributed by atoms with Gasteiger partial charge in [-0.25, -0.2) is 9.79 Å². The third-order valence-corrected chi connectivity index (χ3v) is 9.68. The van der Waals surface area contributed by atoms with Gasteiger partial charge in [0.25, 0.3) is 11.2 Å². The number of nitro groups is 1. The maximum atomic E-state index is 14.2. The Labute approximate surface area is 295 Å². The second-order valence-electron chi connectivity index (χ2n) is 11.5. The minimum Gasteiger partial charge on any atom is -0.493 e. The van der Waals surface area contributed by atoms with Crippen LogP contribution in [0.15, 0.2) is 81.7 Å². The number of nitrogens with zero attached hydrogens (tertiary/aromatic N) is 3. The average molecular weight is 782 g/mol. The predicted octanol–water partition coefficient (Wildman–Crippen LogP) is 6.80. The molecule has 1 aliphatic heterocycles. The van der Waals surface area contributed by atoms with Gasteiger partial charge in [-0.2, -0.15) is 0 Å². The summed E-state index contributed by atoms with van der Waals surface area (Å²) in [4.78, 5) is 43.6. The van der Waals surface area contributed by atoms with Crippen molar-refractivity contribution in [2.24, 2.45) is 4.99 Å². The van der Waals surface area contributed by atoms with E-state index >= 15 is 0 Å². The molecular formula is C36H36IN3O7S. The monoisotopic (exact) mass is 781 g/mol. The van der Waals surface area contributed by atoms with E-state index in [0.29, 0.717) is 44.4 Å². The predicted molar refractivity (Wildman–Crippen MR) is 193 cm³/mol. The van der Waals surface area contributed by atoms with E-state index in [9.17, 15) is 19.7 Å². The van der Waals surface area contributed by atoms with E-state index in [1.165, 1.54) is 23.5 Å². The molecular weight excluding hydrogens is 745 g/mol.